The summed E-state index contributed by atoms with van der Waals surface area (Å²) in [6.45, 7) is 2.16. The number of amides is 2. The third-order valence-electron chi connectivity index (χ3n) is 2.88. The predicted octanol–water partition coefficient (Wildman–Crippen LogP) is 2.09. The number of esters is 1. The Bertz CT molecular complexity index is 531. The van der Waals surface area contributed by atoms with Gasteiger partial charge < -0.3 is 15.4 Å². The highest BCUT2D eigenvalue weighted by atomic mass is 79.9. The van der Waals surface area contributed by atoms with Gasteiger partial charge in [0.05, 0.1) is 17.5 Å². The average Bonchev–Trinajstić information content (AvgIpc) is 2.53. The van der Waals surface area contributed by atoms with Crippen molar-refractivity contribution in [2.75, 3.05) is 19.0 Å². The van der Waals surface area contributed by atoms with E-state index in [-0.39, 0.29) is 29.6 Å². The molecular weight excluding hydrogens is 352 g/mol. The van der Waals surface area contributed by atoms with E-state index < -0.39 is 5.97 Å². The molecule has 0 unspecified atom stereocenters. The van der Waals surface area contributed by atoms with Crippen molar-refractivity contribution in [2.24, 2.45) is 0 Å². The van der Waals surface area contributed by atoms with E-state index in [2.05, 4.69) is 31.3 Å². The van der Waals surface area contributed by atoms with E-state index in [1.165, 1.54) is 7.11 Å². The molecule has 0 radical (unpaired) electrons. The zero-order valence-electron chi connectivity index (χ0n) is 12.5. The minimum Gasteiger partial charge on any atom is -0.465 e. The summed E-state index contributed by atoms with van der Waals surface area (Å²) < 4.78 is 4.59. The van der Waals surface area contributed by atoms with Crippen LogP contribution in [0.1, 0.15) is 30.1 Å². The van der Waals surface area contributed by atoms with Gasteiger partial charge in [-0.05, 0) is 30.7 Å². The molecule has 22 heavy (non-hydrogen) atoms. The van der Waals surface area contributed by atoms with Crippen molar-refractivity contribution < 1.29 is 19.1 Å². The van der Waals surface area contributed by atoms with Crippen LogP contribution >= 0.6 is 15.9 Å². The molecule has 2 N–H and O–H groups in total. The van der Waals surface area contributed by atoms with Gasteiger partial charge in [-0.3, -0.25) is 9.59 Å². The van der Waals surface area contributed by atoms with Gasteiger partial charge in [0.15, 0.2) is 0 Å². The Balaban J connectivity index is 2.39. The summed E-state index contributed by atoms with van der Waals surface area (Å²) in [5, 5.41) is 5.36. The molecule has 1 aromatic carbocycles. The number of carbonyl (C=O) groups excluding carboxylic acids is 3. The standard InChI is InChI=1S/C15H19BrN2O4/c1-3-12(16)14(20)17-9-8-13(19)18-11-6-4-10(5-7-11)15(21)22-2/h4-7,12H,3,8-9H2,1-2H3,(H,17,20)(H,18,19)/t12-/m1/s1. The first-order valence-electron chi connectivity index (χ1n) is 6.88. The summed E-state index contributed by atoms with van der Waals surface area (Å²) in [7, 11) is 1.31. The lowest BCUT2D eigenvalue weighted by atomic mass is 10.2. The number of halogens is 1. The number of methoxy groups -OCH3 is 1. The number of hydrogen-bond acceptors (Lipinski definition) is 4. The molecule has 0 saturated heterocycles. The largest absolute Gasteiger partial charge is 0.465 e. The second-order valence-electron chi connectivity index (χ2n) is 4.53. The maximum atomic E-state index is 11.7. The molecule has 0 spiro atoms. The molecule has 0 aromatic heterocycles. The Hall–Kier alpha value is -1.89. The molecule has 0 heterocycles. The van der Waals surface area contributed by atoms with Crippen molar-refractivity contribution >= 4 is 39.4 Å². The lowest BCUT2D eigenvalue weighted by molar-refractivity contribution is -0.120. The molecule has 0 aliphatic rings. The summed E-state index contributed by atoms with van der Waals surface area (Å²) in [5.74, 6) is -0.771. The summed E-state index contributed by atoms with van der Waals surface area (Å²) in [4.78, 5) is 34.3. The molecule has 2 amide bonds. The Morgan fingerprint density at radius 1 is 1.23 bits per heavy atom. The van der Waals surface area contributed by atoms with Gasteiger partial charge in [0.25, 0.3) is 0 Å². The van der Waals surface area contributed by atoms with Gasteiger partial charge in [-0.25, -0.2) is 4.79 Å². The quantitative estimate of drug-likeness (QED) is 0.568. The van der Waals surface area contributed by atoms with E-state index in [1.807, 2.05) is 6.92 Å². The number of anilines is 1. The highest BCUT2D eigenvalue weighted by molar-refractivity contribution is 9.10. The number of benzene rings is 1. The number of rotatable bonds is 7. The lowest BCUT2D eigenvalue weighted by Gasteiger charge is -2.09. The lowest BCUT2D eigenvalue weighted by Crippen LogP contribution is -2.33. The summed E-state index contributed by atoms with van der Waals surface area (Å²) in [6, 6.07) is 6.38. The van der Waals surface area contributed by atoms with Gasteiger partial charge >= 0.3 is 5.97 Å². The summed E-state index contributed by atoms with van der Waals surface area (Å²) in [6.07, 6.45) is 0.860. The van der Waals surface area contributed by atoms with Gasteiger partial charge in [0, 0.05) is 18.7 Å². The third-order valence-corrected chi connectivity index (χ3v) is 3.95. The first-order chi connectivity index (χ1) is 10.5. The first-order valence-corrected chi connectivity index (χ1v) is 7.79. The molecule has 120 valence electrons. The van der Waals surface area contributed by atoms with Crippen molar-refractivity contribution in [3.05, 3.63) is 29.8 Å². The zero-order valence-corrected chi connectivity index (χ0v) is 14.1. The van der Waals surface area contributed by atoms with Crippen LogP contribution in [-0.2, 0) is 14.3 Å². The Kier molecular flexibility index (Phi) is 7.59. The third kappa shape index (κ3) is 5.85. The van der Waals surface area contributed by atoms with Crippen molar-refractivity contribution in [1.29, 1.82) is 0 Å². The highest BCUT2D eigenvalue weighted by Gasteiger charge is 2.12. The molecule has 1 rings (SSSR count). The molecule has 1 atom stereocenters. The van der Waals surface area contributed by atoms with E-state index in [0.29, 0.717) is 17.7 Å². The fourth-order valence-electron chi connectivity index (χ4n) is 1.63. The summed E-state index contributed by atoms with van der Waals surface area (Å²) >= 11 is 3.24. The number of ether oxygens (including phenoxy) is 1. The second-order valence-corrected chi connectivity index (χ2v) is 5.64. The van der Waals surface area contributed by atoms with Crippen LogP contribution < -0.4 is 10.6 Å². The number of carbonyl (C=O) groups is 3. The number of alkyl halides is 1. The molecule has 0 aliphatic carbocycles. The topological polar surface area (TPSA) is 84.5 Å². The smallest absolute Gasteiger partial charge is 0.337 e. The van der Waals surface area contributed by atoms with Crippen LogP contribution in [-0.4, -0.2) is 36.3 Å². The van der Waals surface area contributed by atoms with Crippen LogP contribution in [0.25, 0.3) is 0 Å². The molecule has 0 saturated carbocycles. The maximum Gasteiger partial charge on any atom is 0.337 e. The van der Waals surface area contributed by atoms with Crippen molar-refractivity contribution in [3.8, 4) is 0 Å². The molecular formula is C15H19BrN2O4. The molecule has 6 nitrogen and oxygen atoms in total. The number of nitrogens with one attached hydrogen (secondary N) is 2. The second kappa shape index (κ2) is 9.19. The minimum absolute atomic E-state index is 0.127. The highest BCUT2D eigenvalue weighted by Crippen LogP contribution is 2.10. The van der Waals surface area contributed by atoms with Gasteiger partial charge in [0.1, 0.15) is 0 Å². The Labute approximate surface area is 137 Å². The number of hydrogen-bond donors (Lipinski definition) is 2. The normalized spacial score (nSPS) is 11.4. The van der Waals surface area contributed by atoms with E-state index in [1.54, 1.807) is 24.3 Å². The van der Waals surface area contributed by atoms with Gasteiger partial charge in [0.2, 0.25) is 11.8 Å². The van der Waals surface area contributed by atoms with E-state index in [0.717, 1.165) is 0 Å². The van der Waals surface area contributed by atoms with E-state index in [9.17, 15) is 14.4 Å². The Morgan fingerprint density at radius 3 is 2.41 bits per heavy atom. The summed E-state index contributed by atoms with van der Waals surface area (Å²) in [5.41, 5.74) is 0.992. The van der Waals surface area contributed by atoms with Gasteiger partial charge in [-0.2, -0.15) is 0 Å². The molecule has 1 aromatic rings. The SMILES string of the molecule is CC[C@@H](Br)C(=O)NCCC(=O)Nc1ccc(C(=O)OC)cc1. The van der Waals surface area contributed by atoms with E-state index in [4.69, 9.17) is 0 Å². The Morgan fingerprint density at radius 2 is 1.86 bits per heavy atom. The molecule has 0 bridgehead atoms. The maximum absolute atomic E-state index is 11.7. The van der Waals surface area contributed by atoms with Crippen LogP contribution in [0.5, 0.6) is 0 Å². The fourth-order valence-corrected chi connectivity index (χ4v) is 1.79. The fraction of sp³-hybridized carbons (Fsp3) is 0.400. The van der Waals surface area contributed by atoms with Crippen LogP contribution in [0, 0.1) is 0 Å². The molecule has 0 aliphatic heterocycles. The van der Waals surface area contributed by atoms with Crippen molar-refractivity contribution in [1.82, 2.24) is 5.32 Å². The zero-order chi connectivity index (χ0) is 16.5. The average molecular weight is 371 g/mol. The van der Waals surface area contributed by atoms with Crippen molar-refractivity contribution in [2.45, 2.75) is 24.6 Å². The molecule has 0 fully saturated rings. The van der Waals surface area contributed by atoms with Gasteiger partial charge in [-0.1, -0.05) is 22.9 Å². The minimum atomic E-state index is -0.430. The van der Waals surface area contributed by atoms with Crippen LogP contribution in [0.4, 0.5) is 5.69 Å². The van der Waals surface area contributed by atoms with E-state index >= 15 is 0 Å². The van der Waals surface area contributed by atoms with Crippen LogP contribution in [0.3, 0.4) is 0 Å². The molecule has 7 heteroatoms. The van der Waals surface area contributed by atoms with Crippen molar-refractivity contribution in [3.63, 3.8) is 0 Å². The first kappa shape index (κ1) is 18.2. The van der Waals surface area contributed by atoms with Crippen LogP contribution in [0.15, 0.2) is 24.3 Å². The predicted molar refractivity (Wildman–Crippen MR) is 87.0 cm³/mol. The van der Waals surface area contributed by atoms with Crippen LogP contribution in [0.2, 0.25) is 0 Å². The monoisotopic (exact) mass is 370 g/mol. The van der Waals surface area contributed by atoms with Gasteiger partial charge in [-0.15, -0.1) is 0 Å².